The highest BCUT2D eigenvalue weighted by atomic mass is 16.4. The second-order valence-corrected chi connectivity index (χ2v) is 4.52. The average molecular weight is 293 g/mol. The summed E-state index contributed by atoms with van der Waals surface area (Å²) in [7, 11) is 0. The molecule has 0 aliphatic rings. The van der Waals surface area contributed by atoms with E-state index in [-0.39, 0.29) is 19.2 Å². The fourth-order valence-corrected chi connectivity index (χ4v) is 2.14. The summed E-state index contributed by atoms with van der Waals surface area (Å²) in [5.41, 5.74) is 1.24. The molecular formula is C14H19N3O4. The summed E-state index contributed by atoms with van der Waals surface area (Å²) in [4.78, 5) is 25.1. The van der Waals surface area contributed by atoms with Gasteiger partial charge in [-0.05, 0) is 19.1 Å². The van der Waals surface area contributed by atoms with Gasteiger partial charge in [-0.2, -0.15) is 0 Å². The number of carbonyl (C=O) groups is 1. The number of nitrogens with one attached hydrogen (secondary N) is 1. The largest absolute Gasteiger partial charge is 0.420 e. The van der Waals surface area contributed by atoms with Crippen molar-refractivity contribution in [2.75, 3.05) is 26.2 Å². The average Bonchev–Trinajstić information content (AvgIpc) is 2.80. The highest BCUT2D eigenvalue weighted by Crippen LogP contribution is 2.10. The third-order valence-corrected chi connectivity index (χ3v) is 3.22. The Hall–Kier alpha value is -2.28. The molecule has 1 aromatic carbocycles. The fraction of sp³-hybridized carbons (Fsp3) is 0.429. The molecule has 0 aliphatic heterocycles. The van der Waals surface area contributed by atoms with Gasteiger partial charge in [0.1, 0.15) is 0 Å². The molecule has 0 saturated carbocycles. The van der Waals surface area contributed by atoms with Gasteiger partial charge in [0.05, 0.1) is 12.1 Å². The lowest BCUT2D eigenvalue weighted by molar-refractivity contribution is 0.180. The van der Waals surface area contributed by atoms with E-state index < -0.39 is 5.76 Å². The minimum absolute atomic E-state index is 0.0763. The molecule has 1 heterocycles. The lowest BCUT2D eigenvalue weighted by Crippen LogP contribution is -2.42. The van der Waals surface area contributed by atoms with Crippen LogP contribution in [0.5, 0.6) is 0 Å². The molecule has 2 amide bonds. The number of aliphatic hydroxyl groups excluding tert-OH is 1. The van der Waals surface area contributed by atoms with Gasteiger partial charge in [-0.1, -0.05) is 12.1 Å². The van der Waals surface area contributed by atoms with Crippen molar-refractivity contribution >= 4 is 17.1 Å². The van der Waals surface area contributed by atoms with Crippen LogP contribution in [0.2, 0.25) is 0 Å². The number of oxazole rings is 1. The van der Waals surface area contributed by atoms with Crippen LogP contribution in [0.3, 0.4) is 0 Å². The summed E-state index contributed by atoms with van der Waals surface area (Å²) in [6.07, 6.45) is 0. The van der Waals surface area contributed by atoms with Crippen molar-refractivity contribution in [1.82, 2.24) is 14.8 Å². The lowest BCUT2D eigenvalue weighted by atomic mass is 10.3. The number of hydrogen-bond donors (Lipinski definition) is 2. The Bertz CT molecular complexity index is 662. The van der Waals surface area contributed by atoms with Gasteiger partial charge in [-0.3, -0.25) is 4.57 Å². The number of nitrogens with zero attached hydrogens (tertiary/aromatic N) is 2. The van der Waals surface area contributed by atoms with E-state index in [9.17, 15) is 9.59 Å². The second-order valence-electron chi connectivity index (χ2n) is 4.52. The van der Waals surface area contributed by atoms with Gasteiger partial charge in [0.25, 0.3) is 0 Å². The molecule has 2 aromatic rings. The topological polar surface area (TPSA) is 87.7 Å². The number of urea groups is 1. The van der Waals surface area contributed by atoms with Crippen molar-refractivity contribution in [1.29, 1.82) is 0 Å². The van der Waals surface area contributed by atoms with Crippen LogP contribution < -0.4 is 11.1 Å². The van der Waals surface area contributed by atoms with E-state index in [1.807, 2.05) is 13.0 Å². The minimum Gasteiger partial charge on any atom is -0.408 e. The number of amides is 2. The van der Waals surface area contributed by atoms with Crippen LogP contribution >= 0.6 is 0 Å². The molecule has 0 bridgehead atoms. The second kappa shape index (κ2) is 6.94. The van der Waals surface area contributed by atoms with E-state index in [2.05, 4.69) is 5.32 Å². The van der Waals surface area contributed by atoms with E-state index in [0.717, 1.165) is 0 Å². The van der Waals surface area contributed by atoms with E-state index in [1.54, 1.807) is 18.2 Å². The van der Waals surface area contributed by atoms with Gasteiger partial charge in [-0.25, -0.2) is 9.59 Å². The van der Waals surface area contributed by atoms with Gasteiger partial charge >= 0.3 is 11.8 Å². The van der Waals surface area contributed by atoms with E-state index in [4.69, 9.17) is 9.52 Å². The van der Waals surface area contributed by atoms with Crippen molar-refractivity contribution in [2.45, 2.75) is 13.5 Å². The molecule has 0 unspecified atom stereocenters. The Morgan fingerprint density at radius 1 is 1.43 bits per heavy atom. The zero-order valence-electron chi connectivity index (χ0n) is 11.9. The number of likely N-dealkylation sites (N-methyl/N-ethyl adjacent to an activating group) is 1. The monoisotopic (exact) mass is 293 g/mol. The first-order chi connectivity index (χ1) is 10.2. The van der Waals surface area contributed by atoms with Crippen LogP contribution in [0.15, 0.2) is 33.5 Å². The summed E-state index contributed by atoms with van der Waals surface area (Å²) in [5, 5.41) is 11.6. The molecule has 0 radical (unpaired) electrons. The van der Waals surface area contributed by atoms with Crippen LogP contribution in [0.25, 0.3) is 11.1 Å². The first-order valence-electron chi connectivity index (χ1n) is 6.89. The Morgan fingerprint density at radius 2 is 2.19 bits per heavy atom. The quantitative estimate of drug-likeness (QED) is 0.817. The Labute approximate surface area is 121 Å². The van der Waals surface area contributed by atoms with Gasteiger partial charge in [-0.15, -0.1) is 0 Å². The maximum atomic E-state index is 11.8. The molecule has 0 atom stereocenters. The van der Waals surface area contributed by atoms with E-state index in [0.29, 0.717) is 30.7 Å². The number of rotatable bonds is 6. The van der Waals surface area contributed by atoms with Crippen LogP contribution in [0.4, 0.5) is 4.79 Å². The number of aliphatic hydroxyl groups is 1. The molecule has 2 rings (SSSR count). The Morgan fingerprint density at radius 3 is 2.90 bits per heavy atom. The van der Waals surface area contributed by atoms with Gasteiger partial charge < -0.3 is 19.7 Å². The summed E-state index contributed by atoms with van der Waals surface area (Å²) >= 11 is 0. The van der Waals surface area contributed by atoms with Crippen LogP contribution in [0, 0.1) is 0 Å². The molecule has 21 heavy (non-hydrogen) atoms. The van der Waals surface area contributed by atoms with Crippen molar-refractivity contribution in [2.24, 2.45) is 0 Å². The molecular weight excluding hydrogens is 274 g/mol. The predicted molar refractivity (Wildman–Crippen MR) is 78.2 cm³/mol. The van der Waals surface area contributed by atoms with Crippen LogP contribution in [-0.2, 0) is 6.54 Å². The highest BCUT2D eigenvalue weighted by molar-refractivity contribution is 5.74. The number of hydrogen-bond acceptors (Lipinski definition) is 4. The molecule has 7 nitrogen and oxygen atoms in total. The Kier molecular flexibility index (Phi) is 4.99. The summed E-state index contributed by atoms with van der Waals surface area (Å²) < 4.78 is 6.60. The predicted octanol–water partition coefficient (Wildman–Crippen LogP) is 0.618. The molecule has 0 spiro atoms. The smallest absolute Gasteiger partial charge is 0.408 e. The number of aromatic nitrogens is 1. The molecule has 7 heteroatoms. The third-order valence-electron chi connectivity index (χ3n) is 3.22. The summed E-state index contributed by atoms with van der Waals surface area (Å²) in [6.45, 7) is 3.21. The molecule has 0 saturated heterocycles. The normalized spacial score (nSPS) is 10.8. The van der Waals surface area contributed by atoms with E-state index in [1.165, 1.54) is 9.47 Å². The van der Waals surface area contributed by atoms with Crippen LogP contribution in [0.1, 0.15) is 6.92 Å². The number of fused-ring (bicyclic) bond motifs is 1. The van der Waals surface area contributed by atoms with E-state index >= 15 is 0 Å². The van der Waals surface area contributed by atoms with Crippen molar-refractivity contribution in [3.8, 4) is 0 Å². The van der Waals surface area contributed by atoms with Gasteiger partial charge in [0.2, 0.25) is 0 Å². The van der Waals surface area contributed by atoms with Gasteiger partial charge in [0, 0.05) is 26.2 Å². The molecule has 2 N–H and O–H groups in total. The van der Waals surface area contributed by atoms with Crippen molar-refractivity contribution in [3.63, 3.8) is 0 Å². The maximum Gasteiger partial charge on any atom is 0.420 e. The van der Waals surface area contributed by atoms with Gasteiger partial charge in [0.15, 0.2) is 5.58 Å². The summed E-state index contributed by atoms with van der Waals surface area (Å²) in [5.74, 6) is -0.437. The molecule has 1 aromatic heterocycles. The summed E-state index contributed by atoms with van der Waals surface area (Å²) in [6, 6.07) is 6.89. The minimum atomic E-state index is -0.437. The molecule has 0 fully saturated rings. The van der Waals surface area contributed by atoms with Crippen molar-refractivity contribution < 1.29 is 14.3 Å². The fourth-order valence-electron chi connectivity index (χ4n) is 2.14. The first-order valence-corrected chi connectivity index (χ1v) is 6.89. The Balaban J connectivity index is 1.98. The number of carbonyl (C=O) groups excluding carboxylic acids is 1. The zero-order valence-corrected chi connectivity index (χ0v) is 11.9. The number of benzene rings is 1. The first kappa shape index (κ1) is 15.1. The maximum absolute atomic E-state index is 11.8. The van der Waals surface area contributed by atoms with Crippen molar-refractivity contribution in [3.05, 3.63) is 34.8 Å². The van der Waals surface area contributed by atoms with Crippen LogP contribution in [-0.4, -0.2) is 46.8 Å². The standard InChI is InChI=1S/C14H19N3O4/c1-2-16(9-10-18)13(19)15-7-8-17-11-5-3-4-6-12(11)21-14(17)20/h3-6,18H,2,7-10H2,1H3,(H,15,19). The highest BCUT2D eigenvalue weighted by Gasteiger charge is 2.11. The molecule has 0 aliphatic carbocycles. The molecule has 114 valence electrons. The zero-order chi connectivity index (χ0) is 15.2. The lowest BCUT2D eigenvalue weighted by Gasteiger charge is -2.20. The number of para-hydroxylation sites is 2. The SMILES string of the molecule is CCN(CCO)C(=O)NCCn1c(=O)oc2ccccc21. The third kappa shape index (κ3) is 3.43.